The second-order valence-electron chi connectivity index (χ2n) is 5.23. The molecule has 0 heterocycles. The number of carbonyl (C=O) groups excluding carboxylic acids is 1. The van der Waals surface area contributed by atoms with Crippen LogP contribution < -0.4 is 9.47 Å². The molecular formula is C16H23NO5. The van der Waals surface area contributed by atoms with E-state index in [1.807, 2.05) is 12.1 Å². The van der Waals surface area contributed by atoms with Gasteiger partial charge in [-0.2, -0.15) is 0 Å². The highest BCUT2D eigenvalue weighted by atomic mass is 16.5. The van der Waals surface area contributed by atoms with Crippen molar-refractivity contribution in [1.82, 2.24) is 4.90 Å². The number of methoxy groups -OCH3 is 2. The fraction of sp³-hybridized carbons (Fsp3) is 0.500. The molecule has 0 aliphatic carbocycles. The van der Waals surface area contributed by atoms with Gasteiger partial charge in [0.1, 0.15) is 11.5 Å². The molecule has 1 amide bonds. The van der Waals surface area contributed by atoms with Gasteiger partial charge < -0.3 is 19.5 Å². The number of hydrogen-bond donors (Lipinski definition) is 1. The van der Waals surface area contributed by atoms with Gasteiger partial charge in [-0.15, -0.1) is 0 Å². The standard InChI is InChI=1S/C16H23NO5/c1-11(16(19)20)10-17(2)15(18)6-5-12-7-13(21-3)9-14(8-12)22-4/h7-9,11H,5-6,10H2,1-4H3,(H,19,20)/t11-/m0/s1. The Labute approximate surface area is 130 Å². The highest BCUT2D eigenvalue weighted by Crippen LogP contribution is 2.23. The van der Waals surface area contributed by atoms with Gasteiger partial charge in [0.2, 0.25) is 5.91 Å². The van der Waals surface area contributed by atoms with Crippen LogP contribution in [0.1, 0.15) is 18.9 Å². The van der Waals surface area contributed by atoms with Crippen LogP contribution in [0.2, 0.25) is 0 Å². The molecule has 0 fully saturated rings. The molecule has 0 unspecified atom stereocenters. The lowest BCUT2D eigenvalue weighted by Crippen LogP contribution is -2.33. The number of nitrogens with zero attached hydrogens (tertiary/aromatic N) is 1. The molecule has 122 valence electrons. The molecule has 1 N–H and O–H groups in total. The number of ether oxygens (including phenoxy) is 2. The van der Waals surface area contributed by atoms with Crippen LogP contribution >= 0.6 is 0 Å². The maximum atomic E-state index is 12.1. The second-order valence-corrected chi connectivity index (χ2v) is 5.23. The Morgan fingerprint density at radius 1 is 1.18 bits per heavy atom. The van der Waals surface area contributed by atoms with Crippen molar-refractivity contribution in [3.05, 3.63) is 23.8 Å². The van der Waals surface area contributed by atoms with E-state index in [9.17, 15) is 9.59 Å². The highest BCUT2D eigenvalue weighted by molar-refractivity contribution is 5.77. The summed E-state index contributed by atoms with van der Waals surface area (Å²) >= 11 is 0. The van der Waals surface area contributed by atoms with Crippen LogP contribution in [0.4, 0.5) is 0 Å². The predicted octanol–water partition coefficient (Wildman–Crippen LogP) is 1.82. The molecule has 0 saturated carbocycles. The molecular weight excluding hydrogens is 286 g/mol. The van der Waals surface area contributed by atoms with Crippen molar-refractivity contribution in [3.8, 4) is 11.5 Å². The first-order chi connectivity index (χ1) is 10.4. The number of amides is 1. The van der Waals surface area contributed by atoms with Crippen molar-refractivity contribution in [1.29, 1.82) is 0 Å². The van der Waals surface area contributed by atoms with Gasteiger partial charge in [0.05, 0.1) is 20.1 Å². The van der Waals surface area contributed by atoms with E-state index in [0.29, 0.717) is 24.3 Å². The Bertz CT molecular complexity index is 507. The number of carbonyl (C=O) groups is 2. The highest BCUT2D eigenvalue weighted by Gasteiger charge is 2.17. The van der Waals surface area contributed by atoms with Crippen molar-refractivity contribution in [2.24, 2.45) is 5.92 Å². The maximum absolute atomic E-state index is 12.1. The molecule has 0 aliphatic heterocycles. The van der Waals surface area contributed by atoms with Gasteiger partial charge in [-0.25, -0.2) is 0 Å². The molecule has 0 saturated heterocycles. The lowest BCUT2D eigenvalue weighted by Gasteiger charge is -2.19. The van der Waals surface area contributed by atoms with Gasteiger partial charge in [0, 0.05) is 26.1 Å². The summed E-state index contributed by atoms with van der Waals surface area (Å²) in [5.41, 5.74) is 0.934. The fourth-order valence-electron chi connectivity index (χ4n) is 2.04. The maximum Gasteiger partial charge on any atom is 0.308 e. The summed E-state index contributed by atoms with van der Waals surface area (Å²) in [4.78, 5) is 24.3. The van der Waals surface area contributed by atoms with E-state index in [2.05, 4.69) is 0 Å². The number of rotatable bonds is 8. The predicted molar refractivity (Wildman–Crippen MR) is 82.3 cm³/mol. The minimum absolute atomic E-state index is 0.0881. The molecule has 0 aromatic heterocycles. The molecule has 0 aliphatic rings. The quantitative estimate of drug-likeness (QED) is 0.792. The molecule has 0 radical (unpaired) electrons. The average Bonchev–Trinajstić information content (AvgIpc) is 2.51. The van der Waals surface area contributed by atoms with Crippen LogP contribution in [0.3, 0.4) is 0 Å². The van der Waals surface area contributed by atoms with E-state index in [0.717, 1.165) is 5.56 Å². The summed E-state index contributed by atoms with van der Waals surface area (Å²) in [6.45, 7) is 1.79. The van der Waals surface area contributed by atoms with Crippen LogP contribution in [0.5, 0.6) is 11.5 Å². The summed E-state index contributed by atoms with van der Waals surface area (Å²) in [6, 6.07) is 5.48. The Balaban J connectivity index is 2.61. The molecule has 1 atom stereocenters. The third kappa shape index (κ3) is 5.27. The van der Waals surface area contributed by atoms with Crippen molar-refractivity contribution in [2.45, 2.75) is 19.8 Å². The lowest BCUT2D eigenvalue weighted by molar-refractivity contribution is -0.142. The van der Waals surface area contributed by atoms with Gasteiger partial charge in [-0.05, 0) is 24.1 Å². The van der Waals surface area contributed by atoms with Crippen molar-refractivity contribution in [3.63, 3.8) is 0 Å². The Hall–Kier alpha value is -2.24. The van der Waals surface area contributed by atoms with Crippen LogP contribution in [-0.4, -0.2) is 49.7 Å². The summed E-state index contributed by atoms with van der Waals surface area (Å²) < 4.78 is 10.4. The van der Waals surface area contributed by atoms with Crippen LogP contribution in [-0.2, 0) is 16.0 Å². The minimum atomic E-state index is -0.905. The van der Waals surface area contributed by atoms with Crippen molar-refractivity contribution < 1.29 is 24.2 Å². The first-order valence-electron chi connectivity index (χ1n) is 7.06. The average molecular weight is 309 g/mol. The zero-order valence-corrected chi connectivity index (χ0v) is 13.5. The van der Waals surface area contributed by atoms with Crippen LogP contribution in [0.25, 0.3) is 0 Å². The second kappa shape index (κ2) is 8.26. The number of carboxylic acids is 1. The van der Waals surface area contributed by atoms with Gasteiger partial charge in [0.25, 0.3) is 0 Å². The van der Waals surface area contributed by atoms with E-state index in [1.54, 1.807) is 34.3 Å². The largest absolute Gasteiger partial charge is 0.497 e. The zero-order chi connectivity index (χ0) is 16.7. The summed E-state index contributed by atoms with van der Waals surface area (Å²) in [7, 11) is 4.77. The van der Waals surface area contributed by atoms with Crippen LogP contribution in [0.15, 0.2) is 18.2 Å². The Kier molecular flexibility index (Phi) is 6.69. The molecule has 1 aromatic carbocycles. The van der Waals surface area contributed by atoms with E-state index in [4.69, 9.17) is 14.6 Å². The van der Waals surface area contributed by atoms with Crippen LogP contribution in [0, 0.1) is 5.92 Å². The number of aliphatic carboxylic acids is 1. The topological polar surface area (TPSA) is 76.1 Å². The Morgan fingerprint density at radius 2 is 1.73 bits per heavy atom. The third-order valence-electron chi connectivity index (χ3n) is 3.43. The first-order valence-corrected chi connectivity index (χ1v) is 7.06. The molecule has 1 aromatic rings. The van der Waals surface area contributed by atoms with Crippen molar-refractivity contribution in [2.75, 3.05) is 27.8 Å². The van der Waals surface area contributed by atoms with Gasteiger partial charge in [0.15, 0.2) is 0 Å². The number of benzene rings is 1. The van der Waals surface area contributed by atoms with Gasteiger partial charge in [-0.3, -0.25) is 9.59 Å². The molecule has 6 nitrogen and oxygen atoms in total. The zero-order valence-electron chi connectivity index (χ0n) is 13.5. The molecule has 6 heteroatoms. The molecule has 0 bridgehead atoms. The van der Waals surface area contributed by atoms with E-state index in [1.165, 1.54) is 4.90 Å². The molecule has 0 spiro atoms. The minimum Gasteiger partial charge on any atom is -0.497 e. The van der Waals surface area contributed by atoms with Crippen molar-refractivity contribution >= 4 is 11.9 Å². The van der Waals surface area contributed by atoms with Gasteiger partial charge >= 0.3 is 5.97 Å². The number of hydrogen-bond acceptors (Lipinski definition) is 4. The normalized spacial score (nSPS) is 11.6. The summed E-state index contributed by atoms with van der Waals surface area (Å²) in [5.74, 6) is -0.220. The van der Waals surface area contributed by atoms with E-state index >= 15 is 0 Å². The molecule has 1 rings (SSSR count). The Morgan fingerprint density at radius 3 is 2.18 bits per heavy atom. The SMILES string of the molecule is COc1cc(CCC(=O)N(C)C[C@H](C)C(=O)O)cc(OC)c1. The molecule has 22 heavy (non-hydrogen) atoms. The number of carboxylic acid groups (broad SMARTS) is 1. The lowest BCUT2D eigenvalue weighted by atomic mass is 10.1. The summed E-state index contributed by atoms with van der Waals surface area (Å²) in [6.07, 6.45) is 0.845. The smallest absolute Gasteiger partial charge is 0.308 e. The first kappa shape index (κ1) is 17.8. The summed E-state index contributed by atoms with van der Waals surface area (Å²) in [5, 5.41) is 8.87. The third-order valence-corrected chi connectivity index (χ3v) is 3.43. The van der Waals surface area contributed by atoms with Gasteiger partial charge in [-0.1, -0.05) is 6.92 Å². The monoisotopic (exact) mass is 309 g/mol. The van der Waals surface area contributed by atoms with E-state index < -0.39 is 11.9 Å². The fourth-order valence-corrected chi connectivity index (χ4v) is 2.04. The van der Waals surface area contributed by atoms with E-state index in [-0.39, 0.29) is 12.5 Å². The number of aryl methyl sites for hydroxylation is 1.